The molecule has 1 N–H and O–H groups in total. The maximum Gasteiger partial charge on any atom is 0.404 e. The number of halogens is 6. The van der Waals surface area contributed by atoms with Crippen molar-refractivity contribution in [3.63, 3.8) is 0 Å². The predicted octanol–water partition coefficient (Wildman–Crippen LogP) is 6.10. The van der Waals surface area contributed by atoms with Gasteiger partial charge in [0.2, 0.25) is 10.0 Å². The number of rotatable bonds is 5. The van der Waals surface area contributed by atoms with Gasteiger partial charge in [0, 0.05) is 17.6 Å². The summed E-state index contributed by atoms with van der Waals surface area (Å²) in [7, 11) is -4.49. The highest BCUT2D eigenvalue weighted by Gasteiger charge is 2.42. The van der Waals surface area contributed by atoms with Gasteiger partial charge in [-0.1, -0.05) is 12.1 Å². The maximum atomic E-state index is 13.2. The molecule has 1 aliphatic rings. The van der Waals surface area contributed by atoms with Gasteiger partial charge in [-0.2, -0.15) is 36.3 Å². The Balaban J connectivity index is 1.75. The highest BCUT2D eigenvalue weighted by molar-refractivity contribution is 7.89. The van der Waals surface area contributed by atoms with Crippen molar-refractivity contribution in [1.29, 1.82) is 5.26 Å². The fraction of sp³-hybridized carbons (Fsp3) is 0.417. The van der Waals surface area contributed by atoms with Gasteiger partial charge >= 0.3 is 12.4 Å². The number of nitrogens with zero attached hydrogens (tertiary/aromatic N) is 3. The van der Waals surface area contributed by atoms with Crippen molar-refractivity contribution in [2.24, 2.45) is 5.92 Å². The van der Waals surface area contributed by atoms with Gasteiger partial charge < -0.3 is 4.57 Å². The number of benzene rings is 1. The van der Waals surface area contributed by atoms with Crippen LogP contribution >= 0.6 is 0 Å². The van der Waals surface area contributed by atoms with Crippen molar-refractivity contribution >= 4 is 21.1 Å². The Bertz CT molecular complexity index is 1430. The van der Waals surface area contributed by atoms with Crippen LogP contribution in [0.15, 0.2) is 47.5 Å². The van der Waals surface area contributed by atoms with Crippen LogP contribution < -0.4 is 4.72 Å². The van der Waals surface area contributed by atoms with Crippen LogP contribution in [-0.2, 0) is 10.0 Å². The number of nitriles is 1. The molecule has 0 amide bonds. The zero-order valence-electron chi connectivity index (χ0n) is 19.4. The normalized spacial score (nSPS) is 20.1. The molecule has 3 aromatic rings. The van der Waals surface area contributed by atoms with Crippen LogP contribution in [0.4, 0.5) is 26.3 Å². The lowest BCUT2D eigenvalue weighted by Gasteiger charge is -2.32. The molecule has 0 spiro atoms. The lowest BCUT2D eigenvalue weighted by Crippen LogP contribution is -2.42. The van der Waals surface area contributed by atoms with Gasteiger partial charge in [0.25, 0.3) is 0 Å². The van der Waals surface area contributed by atoms with Crippen molar-refractivity contribution in [2.45, 2.75) is 61.9 Å². The SMILES string of the molecule is C[C@@H](NS(=O)(=O)c1ccc(-c2c(C#N)c3cccnc3n2C2CCC(C(F)(F)F)CC2)cc1)C(F)(F)F. The van der Waals surface area contributed by atoms with Crippen LogP contribution in [0.3, 0.4) is 0 Å². The summed E-state index contributed by atoms with van der Waals surface area (Å²) in [6.45, 7) is 0.685. The Morgan fingerprint density at radius 1 is 1.05 bits per heavy atom. The number of pyridine rings is 1. The highest BCUT2D eigenvalue weighted by atomic mass is 32.2. The second kappa shape index (κ2) is 9.64. The minimum absolute atomic E-state index is 0.0811. The minimum Gasteiger partial charge on any atom is -0.321 e. The standard InChI is InChI=1S/C24H22F6N4O2S/c1-14(23(25,26)27)33-37(35,36)18-10-4-15(5-11-18)21-20(13-31)19-3-2-12-32-22(19)34(21)17-8-6-16(7-9-17)24(28,29)30/h2-5,10-12,14,16-17,33H,6-9H2,1H3/t14-,16?,17?/m1/s1. The molecular formula is C24H22F6N4O2S. The number of fused-ring (bicyclic) bond motifs is 1. The number of nitrogens with one attached hydrogen (secondary N) is 1. The predicted molar refractivity (Wildman–Crippen MR) is 123 cm³/mol. The van der Waals surface area contributed by atoms with Gasteiger partial charge in [-0.3, -0.25) is 0 Å². The fourth-order valence-electron chi connectivity index (χ4n) is 4.71. The third-order valence-corrected chi connectivity index (χ3v) is 8.22. The van der Waals surface area contributed by atoms with E-state index in [1.54, 1.807) is 21.4 Å². The summed E-state index contributed by atoms with van der Waals surface area (Å²) < 4.78 is 106. The molecule has 1 aliphatic carbocycles. The third-order valence-electron chi connectivity index (χ3n) is 6.66. The van der Waals surface area contributed by atoms with Gasteiger partial charge in [-0.25, -0.2) is 13.4 Å². The first-order valence-electron chi connectivity index (χ1n) is 11.4. The zero-order valence-corrected chi connectivity index (χ0v) is 20.3. The number of hydrogen-bond donors (Lipinski definition) is 1. The lowest BCUT2D eigenvalue weighted by molar-refractivity contribution is -0.183. The largest absolute Gasteiger partial charge is 0.404 e. The Hall–Kier alpha value is -3.11. The summed E-state index contributed by atoms with van der Waals surface area (Å²) in [5, 5.41) is 10.4. The second-order valence-corrected chi connectivity index (χ2v) is 10.7. The van der Waals surface area contributed by atoms with E-state index in [4.69, 9.17) is 0 Å². The van der Waals surface area contributed by atoms with E-state index >= 15 is 0 Å². The summed E-state index contributed by atoms with van der Waals surface area (Å²) in [5.74, 6) is -1.41. The van der Waals surface area contributed by atoms with Crippen molar-refractivity contribution in [3.8, 4) is 17.3 Å². The maximum absolute atomic E-state index is 13.2. The summed E-state index contributed by atoms with van der Waals surface area (Å²) >= 11 is 0. The van der Waals surface area contributed by atoms with Gasteiger partial charge in [0.05, 0.1) is 22.1 Å². The molecule has 13 heteroatoms. The van der Waals surface area contributed by atoms with Gasteiger partial charge in [-0.05, 0) is 62.4 Å². The molecule has 1 saturated carbocycles. The molecule has 2 aromatic heterocycles. The molecule has 0 saturated heterocycles. The first kappa shape index (κ1) is 26.9. The van der Waals surface area contributed by atoms with Crippen molar-refractivity contribution in [1.82, 2.24) is 14.3 Å². The highest BCUT2D eigenvalue weighted by Crippen LogP contribution is 2.45. The third kappa shape index (κ3) is 5.31. The van der Waals surface area contributed by atoms with Crippen LogP contribution in [0.2, 0.25) is 0 Å². The molecule has 1 atom stereocenters. The van der Waals surface area contributed by atoms with E-state index in [9.17, 15) is 40.0 Å². The molecule has 0 aliphatic heterocycles. The van der Waals surface area contributed by atoms with E-state index < -0.39 is 39.2 Å². The molecule has 0 radical (unpaired) electrons. The van der Waals surface area contributed by atoms with Crippen molar-refractivity contribution in [2.75, 3.05) is 0 Å². The van der Waals surface area contributed by atoms with E-state index in [-0.39, 0.29) is 37.3 Å². The molecule has 0 unspecified atom stereocenters. The molecule has 1 fully saturated rings. The van der Waals surface area contributed by atoms with Gasteiger partial charge in [0.1, 0.15) is 17.8 Å². The smallest absolute Gasteiger partial charge is 0.321 e. The minimum atomic E-state index is -4.77. The Kier molecular flexibility index (Phi) is 7.02. The number of aromatic nitrogens is 2. The number of alkyl halides is 6. The van der Waals surface area contributed by atoms with E-state index in [0.717, 1.165) is 12.1 Å². The second-order valence-electron chi connectivity index (χ2n) is 9.04. The quantitative estimate of drug-likeness (QED) is 0.394. The van der Waals surface area contributed by atoms with Crippen molar-refractivity contribution < 1.29 is 34.8 Å². The summed E-state index contributed by atoms with van der Waals surface area (Å²) in [6.07, 6.45) is -7.31. The van der Waals surface area contributed by atoms with Gasteiger partial charge in [0.15, 0.2) is 0 Å². The summed E-state index contributed by atoms with van der Waals surface area (Å²) in [6, 6.07) is 7.70. The molecule has 198 valence electrons. The first-order chi connectivity index (χ1) is 17.2. The number of sulfonamides is 1. The van der Waals surface area contributed by atoms with Crippen LogP contribution in [0, 0.1) is 17.2 Å². The molecule has 4 rings (SSSR count). The Morgan fingerprint density at radius 2 is 1.68 bits per heavy atom. The average molecular weight is 545 g/mol. The Labute approximate surface area is 209 Å². The van der Waals surface area contributed by atoms with Crippen LogP contribution in [0.5, 0.6) is 0 Å². The average Bonchev–Trinajstić information content (AvgIpc) is 3.17. The summed E-state index contributed by atoms with van der Waals surface area (Å²) in [4.78, 5) is 3.96. The first-order valence-corrected chi connectivity index (χ1v) is 12.9. The van der Waals surface area contributed by atoms with Crippen LogP contribution in [0.25, 0.3) is 22.3 Å². The molecule has 0 bridgehead atoms. The van der Waals surface area contributed by atoms with Crippen molar-refractivity contribution in [3.05, 3.63) is 48.2 Å². The molecular weight excluding hydrogens is 522 g/mol. The zero-order chi connectivity index (χ0) is 27.2. The molecule has 1 aromatic carbocycles. The van der Waals surface area contributed by atoms with Crippen LogP contribution in [-0.4, -0.2) is 36.4 Å². The lowest BCUT2D eigenvalue weighted by atomic mass is 9.85. The fourth-order valence-corrected chi connectivity index (χ4v) is 5.94. The summed E-state index contributed by atoms with van der Waals surface area (Å²) in [5.41, 5.74) is 1.39. The van der Waals surface area contributed by atoms with Crippen LogP contribution in [0.1, 0.15) is 44.2 Å². The monoisotopic (exact) mass is 544 g/mol. The Morgan fingerprint density at radius 3 is 2.22 bits per heavy atom. The topological polar surface area (TPSA) is 87.8 Å². The van der Waals surface area contributed by atoms with E-state index in [0.29, 0.717) is 29.2 Å². The number of hydrogen-bond acceptors (Lipinski definition) is 4. The molecule has 6 nitrogen and oxygen atoms in total. The van der Waals surface area contributed by atoms with Gasteiger partial charge in [-0.15, -0.1) is 0 Å². The van der Waals surface area contributed by atoms with E-state index in [1.807, 2.05) is 0 Å². The molecule has 37 heavy (non-hydrogen) atoms. The van der Waals surface area contributed by atoms with E-state index in [1.165, 1.54) is 18.3 Å². The molecule has 2 heterocycles. The van der Waals surface area contributed by atoms with E-state index in [2.05, 4.69) is 11.1 Å².